The van der Waals surface area contributed by atoms with Crippen molar-refractivity contribution in [2.24, 2.45) is 11.3 Å². The average Bonchev–Trinajstić information content (AvgIpc) is 2.48. The Morgan fingerprint density at radius 3 is 2.29 bits per heavy atom. The first kappa shape index (κ1) is 15.4. The normalized spacial score (nSPS) is 24.4. The molecule has 1 heterocycles. The molecule has 0 aromatic heterocycles. The van der Waals surface area contributed by atoms with Gasteiger partial charge in [0.1, 0.15) is 12.0 Å². The summed E-state index contributed by atoms with van der Waals surface area (Å²) in [6.45, 7) is 5.16. The molecule has 1 aromatic rings. The zero-order valence-electron chi connectivity index (χ0n) is 12.9. The van der Waals surface area contributed by atoms with Gasteiger partial charge in [-0.15, -0.1) is 0 Å². The van der Waals surface area contributed by atoms with Crippen LogP contribution in [0.1, 0.15) is 32.4 Å². The Bertz CT molecular complexity index is 576. The molecule has 1 aromatic carbocycles. The summed E-state index contributed by atoms with van der Waals surface area (Å²) in [4.78, 5) is 24.2. The number of carbonyl (C=O) groups excluding carboxylic acids is 2. The van der Waals surface area contributed by atoms with E-state index in [1.165, 1.54) is 7.11 Å². The minimum absolute atomic E-state index is 0.112. The maximum Gasteiger partial charge on any atom is 0.316 e. The Kier molecular flexibility index (Phi) is 3.94. The zero-order valence-corrected chi connectivity index (χ0v) is 12.9. The van der Waals surface area contributed by atoms with Crippen LogP contribution in [0, 0.1) is 11.3 Å². The number of Topliss-reactive ketones (excluding diaryl/α,β-unsaturated/α-hetero) is 1. The summed E-state index contributed by atoms with van der Waals surface area (Å²) in [6.07, 6.45) is -0.631. The Balaban J connectivity index is 2.45. The fraction of sp³-hybridized carbons (Fsp3) is 0.500. The molecule has 0 aliphatic carbocycles. The maximum absolute atomic E-state index is 12.4. The molecule has 0 bridgehead atoms. The summed E-state index contributed by atoms with van der Waals surface area (Å²) >= 11 is 0. The molecule has 0 N–H and O–H groups in total. The van der Waals surface area contributed by atoms with Crippen molar-refractivity contribution < 1.29 is 23.8 Å². The number of ether oxygens (including phenoxy) is 3. The molecule has 114 valence electrons. The Morgan fingerprint density at radius 1 is 1.10 bits per heavy atom. The summed E-state index contributed by atoms with van der Waals surface area (Å²) in [7, 11) is 3.08. The first-order valence-corrected chi connectivity index (χ1v) is 6.79. The summed E-state index contributed by atoms with van der Waals surface area (Å²) in [5.74, 6) is -0.206. The monoisotopic (exact) mass is 292 g/mol. The molecule has 0 spiro atoms. The summed E-state index contributed by atoms with van der Waals surface area (Å²) < 4.78 is 15.9. The molecule has 2 atom stereocenters. The third kappa shape index (κ3) is 2.48. The molecule has 0 saturated carbocycles. The van der Waals surface area contributed by atoms with E-state index in [1.54, 1.807) is 46.1 Å². The lowest BCUT2D eigenvalue weighted by Crippen LogP contribution is -2.46. The van der Waals surface area contributed by atoms with Gasteiger partial charge in [0.15, 0.2) is 17.3 Å². The van der Waals surface area contributed by atoms with Crippen molar-refractivity contribution >= 4 is 11.8 Å². The van der Waals surface area contributed by atoms with Crippen LogP contribution < -0.4 is 9.47 Å². The van der Waals surface area contributed by atoms with Crippen molar-refractivity contribution in [3.05, 3.63) is 23.8 Å². The van der Waals surface area contributed by atoms with Gasteiger partial charge < -0.3 is 14.2 Å². The van der Waals surface area contributed by atoms with Crippen LogP contribution in [0.4, 0.5) is 0 Å². The maximum atomic E-state index is 12.4. The van der Waals surface area contributed by atoms with Gasteiger partial charge in [0, 0.05) is 0 Å². The molecule has 1 fully saturated rings. The quantitative estimate of drug-likeness (QED) is 0.633. The summed E-state index contributed by atoms with van der Waals surface area (Å²) in [5, 5.41) is 0. The number of cyclic esters (lactones) is 1. The molecule has 1 aliphatic heterocycles. The number of rotatable bonds is 3. The van der Waals surface area contributed by atoms with E-state index in [0.29, 0.717) is 17.1 Å². The number of ketones is 1. The second-order valence-electron chi connectivity index (χ2n) is 5.74. The minimum Gasteiger partial charge on any atom is -0.493 e. The van der Waals surface area contributed by atoms with Gasteiger partial charge in [-0.05, 0) is 38.5 Å². The zero-order chi connectivity index (χ0) is 15.8. The summed E-state index contributed by atoms with van der Waals surface area (Å²) in [6, 6.07) is 5.26. The predicted molar refractivity (Wildman–Crippen MR) is 76.3 cm³/mol. The van der Waals surface area contributed by atoms with E-state index in [2.05, 4.69) is 0 Å². The van der Waals surface area contributed by atoms with Gasteiger partial charge in [0.05, 0.1) is 19.6 Å². The van der Waals surface area contributed by atoms with Crippen molar-refractivity contribution in [2.45, 2.75) is 26.9 Å². The fourth-order valence-corrected chi connectivity index (χ4v) is 2.66. The third-order valence-electron chi connectivity index (χ3n) is 3.98. The second kappa shape index (κ2) is 5.39. The van der Waals surface area contributed by atoms with Crippen molar-refractivity contribution in [1.82, 2.24) is 0 Å². The van der Waals surface area contributed by atoms with E-state index in [1.807, 2.05) is 0 Å². The third-order valence-corrected chi connectivity index (χ3v) is 3.98. The van der Waals surface area contributed by atoms with Crippen LogP contribution in [0.3, 0.4) is 0 Å². The van der Waals surface area contributed by atoms with E-state index in [9.17, 15) is 9.59 Å². The molecule has 1 saturated heterocycles. The predicted octanol–water partition coefficient (Wildman–Crippen LogP) is 2.53. The van der Waals surface area contributed by atoms with E-state index >= 15 is 0 Å². The van der Waals surface area contributed by atoms with Crippen LogP contribution in [-0.4, -0.2) is 26.0 Å². The van der Waals surface area contributed by atoms with Crippen LogP contribution in [0.25, 0.3) is 0 Å². The van der Waals surface area contributed by atoms with E-state index < -0.39 is 23.4 Å². The van der Waals surface area contributed by atoms with Gasteiger partial charge in [0.25, 0.3) is 0 Å². The first-order valence-electron chi connectivity index (χ1n) is 6.79. The largest absolute Gasteiger partial charge is 0.493 e. The number of carbonyl (C=O) groups is 2. The van der Waals surface area contributed by atoms with Gasteiger partial charge in [-0.25, -0.2) is 0 Å². The Labute approximate surface area is 124 Å². The SMILES string of the molecule is COc1ccc([C@H]2OC(=O)[C@@H](C)C(=O)C2(C)C)cc1OC. The highest BCUT2D eigenvalue weighted by atomic mass is 16.5. The molecule has 1 aliphatic rings. The molecule has 0 unspecified atom stereocenters. The molecule has 0 amide bonds. The number of hydrogen-bond donors (Lipinski definition) is 0. The minimum atomic E-state index is -0.785. The number of methoxy groups -OCH3 is 2. The summed E-state index contributed by atoms with van der Waals surface area (Å²) in [5.41, 5.74) is -0.0707. The lowest BCUT2D eigenvalue weighted by molar-refractivity contribution is -0.177. The van der Waals surface area contributed by atoms with Crippen molar-refractivity contribution in [2.75, 3.05) is 14.2 Å². The fourth-order valence-electron chi connectivity index (χ4n) is 2.66. The van der Waals surface area contributed by atoms with E-state index in [-0.39, 0.29) is 5.78 Å². The molecule has 5 heteroatoms. The smallest absolute Gasteiger partial charge is 0.316 e. The highest BCUT2D eigenvalue weighted by molar-refractivity contribution is 6.03. The molecular formula is C16H20O5. The average molecular weight is 292 g/mol. The number of hydrogen-bond acceptors (Lipinski definition) is 5. The van der Waals surface area contributed by atoms with Crippen LogP contribution in [0.15, 0.2) is 18.2 Å². The Hall–Kier alpha value is -2.04. The molecule has 21 heavy (non-hydrogen) atoms. The van der Waals surface area contributed by atoms with Crippen LogP contribution >= 0.6 is 0 Å². The topological polar surface area (TPSA) is 61.8 Å². The first-order chi connectivity index (χ1) is 9.82. The second-order valence-corrected chi connectivity index (χ2v) is 5.74. The highest BCUT2D eigenvalue weighted by Crippen LogP contribution is 2.45. The molecular weight excluding hydrogens is 272 g/mol. The van der Waals surface area contributed by atoms with Crippen molar-refractivity contribution in [3.63, 3.8) is 0 Å². The number of esters is 1. The van der Waals surface area contributed by atoms with Crippen molar-refractivity contribution in [1.29, 1.82) is 0 Å². The van der Waals surface area contributed by atoms with Gasteiger partial charge >= 0.3 is 5.97 Å². The van der Waals surface area contributed by atoms with Crippen LogP contribution in [0.5, 0.6) is 11.5 Å². The van der Waals surface area contributed by atoms with Crippen LogP contribution in [-0.2, 0) is 14.3 Å². The standard InChI is InChI=1S/C16H20O5/c1-9-13(17)16(2,3)14(21-15(9)18)10-6-7-11(19-4)12(8-10)20-5/h6-9,14H,1-5H3/t9-,14+/m0/s1. The van der Waals surface area contributed by atoms with Gasteiger partial charge in [-0.3, -0.25) is 9.59 Å². The highest BCUT2D eigenvalue weighted by Gasteiger charge is 2.49. The Morgan fingerprint density at radius 2 is 1.71 bits per heavy atom. The van der Waals surface area contributed by atoms with E-state index in [0.717, 1.165) is 0 Å². The van der Waals surface area contributed by atoms with Gasteiger partial charge in [-0.1, -0.05) is 6.07 Å². The lowest BCUT2D eigenvalue weighted by Gasteiger charge is -2.39. The number of benzene rings is 1. The van der Waals surface area contributed by atoms with Gasteiger partial charge in [-0.2, -0.15) is 0 Å². The van der Waals surface area contributed by atoms with Crippen LogP contribution in [0.2, 0.25) is 0 Å². The van der Waals surface area contributed by atoms with E-state index in [4.69, 9.17) is 14.2 Å². The molecule has 0 radical (unpaired) electrons. The van der Waals surface area contributed by atoms with Crippen molar-refractivity contribution in [3.8, 4) is 11.5 Å². The lowest BCUT2D eigenvalue weighted by atomic mass is 9.73. The molecule has 2 rings (SSSR count). The van der Waals surface area contributed by atoms with Gasteiger partial charge in [0.2, 0.25) is 0 Å². The molecule has 5 nitrogen and oxygen atoms in total.